The molecule has 0 atom stereocenters. The van der Waals surface area contributed by atoms with Crippen molar-refractivity contribution in [3.63, 3.8) is 0 Å². The average molecular weight is 634 g/mol. The van der Waals surface area contributed by atoms with Gasteiger partial charge in [-0.1, -0.05) is 0 Å². The molecule has 0 saturated heterocycles. The molecule has 2 aliphatic rings. The molecular formula is C6H6As2Cl2Sb2Zr. The molecule has 0 nitrogen and oxygen atoms in total. The number of hydrogen-bond acceptors (Lipinski definition) is 0. The van der Waals surface area contributed by atoms with Gasteiger partial charge in [-0.05, 0) is 0 Å². The first-order valence-electron chi connectivity index (χ1n) is 3.22. The predicted octanol–water partition coefficient (Wildman–Crippen LogP) is -7.50. The van der Waals surface area contributed by atoms with Gasteiger partial charge in [0, 0.05) is 0 Å². The maximum absolute atomic E-state index is 2.56. The van der Waals surface area contributed by atoms with E-state index in [1.807, 2.05) is 4.02 Å². The Labute approximate surface area is 131 Å². The molecule has 68 valence electrons. The molecular weight excluding hydrogens is 628 g/mol. The van der Waals surface area contributed by atoms with E-state index in [2.05, 4.69) is 20.2 Å². The van der Waals surface area contributed by atoms with Crippen LogP contribution < -0.4 is 24.8 Å². The van der Waals surface area contributed by atoms with Crippen LogP contribution in [0.15, 0.2) is 20.2 Å². The average Bonchev–Trinajstić information content (AvgIpc) is 2.60. The minimum atomic E-state index is -0.0808. The van der Waals surface area contributed by atoms with Gasteiger partial charge in [0.1, 0.15) is 0 Å². The summed E-state index contributed by atoms with van der Waals surface area (Å²) in [6.07, 6.45) is 5.06. The third kappa shape index (κ3) is 6.06. The number of halogens is 2. The summed E-state index contributed by atoms with van der Waals surface area (Å²) in [4.78, 5) is 0. The molecule has 0 spiro atoms. The van der Waals surface area contributed by atoms with E-state index in [4.69, 9.17) is 0 Å². The molecule has 2 rings (SSSR count). The topological polar surface area (TPSA) is 0 Å². The molecule has 0 N–H and O–H groups in total. The summed E-state index contributed by atoms with van der Waals surface area (Å²) in [6, 6.07) is 0. The van der Waals surface area contributed by atoms with E-state index in [9.17, 15) is 0 Å². The number of rotatable bonds is 2. The van der Waals surface area contributed by atoms with Crippen LogP contribution in [0.2, 0.25) is 0 Å². The molecule has 0 amide bonds. The maximum Gasteiger partial charge on any atom is -1.00 e. The first-order valence-corrected chi connectivity index (χ1v) is 26.0. The molecule has 0 aromatic rings. The van der Waals surface area contributed by atoms with Crippen molar-refractivity contribution < 1.29 is 48.0 Å². The monoisotopic (exact) mass is 630 g/mol. The molecule has 0 aliphatic carbocycles. The van der Waals surface area contributed by atoms with Gasteiger partial charge in [0.2, 0.25) is 0 Å². The molecule has 0 fully saturated rings. The molecule has 2 heterocycles. The minimum Gasteiger partial charge on any atom is -1.00 e. The van der Waals surface area contributed by atoms with Crippen molar-refractivity contribution in [2.45, 2.75) is 0 Å². The minimum absolute atomic E-state index is 0. The van der Waals surface area contributed by atoms with Crippen LogP contribution >= 0.6 is 0 Å². The van der Waals surface area contributed by atoms with Crippen molar-refractivity contribution >= 4 is 66.0 Å². The number of hydrogen-bond donors (Lipinski definition) is 0. The summed E-state index contributed by atoms with van der Waals surface area (Å²) >= 11 is 1.81. The van der Waals surface area contributed by atoms with E-state index >= 15 is 0 Å². The predicted molar refractivity (Wildman–Crippen MR) is 54.1 cm³/mol. The Balaban J connectivity index is 0.000000720. The van der Waals surface area contributed by atoms with Crippen molar-refractivity contribution in [2.24, 2.45) is 0 Å². The smallest absolute Gasteiger partial charge is 1.00 e. The Morgan fingerprint density at radius 2 is 1.38 bits per heavy atom. The van der Waals surface area contributed by atoms with E-state index in [-0.39, 0.29) is 86.3 Å². The van der Waals surface area contributed by atoms with Crippen LogP contribution in [0.4, 0.5) is 0 Å². The van der Waals surface area contributed by atoms with E-state index in [1.165, 1.54) is 0 Å². The molecule has 0 unspecified atom stereocenters. The summed E-state index contributed by atoms with van der Waals surface area (Å²) in [7, 11) is 0. The fraction of sp³-hybridized carbons (Fsp3) is 0. The Morgan fingerprint density at radius 1 is 0.923 bits per heavy atom. The Hall–Kier alpha value is 3.44. The van der Waals surface area contributed by atoms with Gasteiger partial charge in [-0.2, -0.15) is 0 Å². The Bertz CT molecular complexity index is 260. The van der Waals surface area contributed by atoms with Gasteiger partial charge in [-0.3, -0.25) is 0 Å². The second kappa shape index (κ2) is 9.46. The quantitative estimate of drug-likeness (QED) is 0.266. The molecule has 0 radical (unpaired) electrons. The standard InChI is InChI=1S/2C3H2As.2ClH.2Sb.Zr.2H/c2*1-2-3-4;;;;;;;/h2*1-2H;2*1H;;;;;/q2*-1;;;2*+1;+2;;/p-2. The largest absolute Gasteiger partial charge is 1.00 e. The van der Waals surface area contributed by atoms with E-state index < -0.39 is 0 Å². The van der Waals surface area contributed by atoms with Gasteiger partial charge >= 0.3 is 109 Å². The van der Waals surface area contributed by atoms with Crippen LogP contribution in [0.5, 0.6) is 0 Å². The van der Waals surface area contributed by atoms with Crippen LogP contribution in [0, 0.1) is 0 Å². The summed E-state index contributed by atoms with van der Waals surface area (Å²) in [6.45, 7) is 0. The van der Waals surface area contributed by atoms with E-state index in [0.29, 0.717) is 0 Å². The molecule has 2 aliphatic heterocycles. The van der Waals surface area contributed by atoms with Crippen LogP contribution in [-0.4, -0.2) is 66.0 Å². The van der Waals surface area contributed by atoms with Crippen molar-refractivity contribution in [1.82, 2.24) is 0 Å². The summed E-state index contributed by atoms with van der Waals surface area (Å²) in [5.74, 6) is 0. The van der Waals surface area contributed by atoms with Crippen molar-refractivity contribution in [3.8, 4) is 0 Å². The summed E-state index contributed by atoms with van der Waals surface area (Å²) < 4.78 is 9.17. The fourth-order valence-electron chi connectivity index (χ4n) is 0.791. The van der Waals surface area contributed by atoms with Gasteiger partial charge in [0.05, 0.1) is 0 Å². The van der Waals surface area contributed by atoms with Gasteiger partial charge in [-0.15, -0.1) is 0 Å². The Kier molecular flexibility index (Phi) is 12.0. The van der Waals surface area contributed by atoms with Gasteiger partial charge in [-0.25, -0.2) is 0 Å². The second-order valence-electron chi connectivity index (χ2n) is 2.04. The normalized spacial score (nSPS) is 19.4. The first-order chi connectivity index (χ1) is 5.45. The molecule has 0 bridgehead atoms. The Morgan fingerprint density at radius 3 is 1.69 bits per heavy atom. The zero-order valence-electron chi connectivity index (χ0n) is 6.46. The molecule has 7 heteroatoms. The van der Waals surface area contributed by atoms with Crippen LogP contribution in [0.1, 0.15) is 0 Å². The fourth-order valence-corrected chi connectivity index (χ4v) is 47.9. The number of allylic oxidation sites excluding steroid dienone is 2. The van der Waals surface area contributed by atoms with Crippen LogP contribution in [0.3, 0.4) is 0 Å². The summed E-state index contributed by atoms with van der Waals surface area (Å²) in [5.41, 5.74) is 0. The van der Waals surface area contributed by atoms with Gasteiger partial charge < -0.3 is 24.8 Å². The second-order valence-corrected chi connectivity index (χ2v) is 30.0. The molecule has 0 saturated carbocycles. The van der Waals surface area contributed by atoms with Crippen molar-refractivity contribution in [1.29, 1.82) is 0 Å². The van der Waals surface area contributed by atoms with Crippen LogP contribution in [0.25, 0.3) is 0 Å². The first kappa shape index (κ1) is 16.4. The molecule has 13 heavy (non-hydrogen) atoms. The zero-order chi connectivity index (χ0) is 7.52. The van der Waals surface area contributed by atoms with E-state index in [0.717, 1.165) is 23.7 Å². The maximum atomic E-state index is 2.56. The molecule has 0 aromatic carbocycles. The van der Waals surface area contributed by atoms with Crippen molar-refractivity contribution in [2.75, 3.05) is 0 Å². The summed E-state index contributed by atoms with van der Waals surface area (Å²) in [5, 5.41) is 0. The van der Waals surface area contributed by atoms with Crippen molar-refractivity contribution in [3.05, 3.63) is 20.2 Å². The third-order valence-electron chi connectivity index (χ3n) is 1.26. The van der Waals surface area contributed by atoms with Gasteiger partial charge in [0.15, 0.2) is 0 Å². The SMILES string of the molecule is [CH]1=C[C]([Zr+2][C]2=[As][SbH][CH]=C2)=[As][SbH]1.[Cl-].[Cl-]. The molecule has 0 aromatic heterocycles. The zero-order valence-corrected chi connectivity index (χ0v) is 19.9. The van der Waals surface area contributed by atoms with Crippen LogP contribution in [-0.2, 0) is 23.2 Å². The van der Waals surface area contributed by atoms with Gasteiger partial charge in [0.25, 0.3) is 0 Å². The third-order valence-corrected chi connectivity index (χ3v) is 44.4. The van der Waals surface area contributed by atoms with E-state index in [1.54, 1.807) is 0 Å².